The van der Waals surface area contributed by atoms with Crippen molar-refractivity contribution in [2.75, 3.05) is 14.2 Å². The normalized spacial score (nSPS) is 12.2. The Hall–Kier alpha value is -3.79. The van der Waals surface area contributed by atoms with Crippen molar-refractivity contribution in [1.29, 1.82) is 0 Å². The van der Waals surface area contributed by atoms with E-state index in [9.17, 15) is 25.3 Å². The molecule has 0 aliphatic rings. The summed E-state index contributed by atoms with van der Waals surface area (Å²) < 4.78 is 83.4. The van der Waals surface area contributed by atoms with Crippen LogP contribution in [0.2, 0.25) is 0 Å². The van der Waals surface area contributed by atoms with E-state index >= 15 is 0 Å². The smallest absolute Gasteiger partial charge is 0.241 e. The minimum Gasteiger partial charge on any atom is -0.495 e. The summed E-state index contributed by atoms with van der Waals surface area (Å²) in [6.07, 6.45) is 0. The maximum absolute atomic E-state index is 12.4. The first-order valence-corrected chi connectivity index (χ1v) is 16.0. The van der Waals surface area contributed by atoms with E-state index in [0.717, 1.165) is 0 Å². The Morgan fingerprint density at radius 2 is 0.950 bits per heavy atom. The maximum Gasteiger partial charge on any atom is 0.241 e. The van der Waals surface area contributed by atoms with Crippen LogP contribution in [0, 0.1) is 0 Å². The second-order valence-corrected chi connectivity index (χ2v) is 13.2. The van der Waals surface area contributed by atoms with Gasteiger partial charge in [0.2, 0.25) is 30.1 Å². The average Bonchev–Trinajstić information content (AvgIpc) is 2.90. The highest BCUT2D eigenvalue weighted by Gasteiger charge is 2.22. The lowest BCUT2D eigenvalue weighted by atomic mass is 9.87. The zero-order valence-corrected chi connectivity index (χ0v) is 23.7. The summed E-state index contributed by atoms with van der Waals surface area (Å²) in [6, 6.07) is 19.8. The molecule has 4 aromatic carbocycles. The Morgan fingerprint density at radius 1 is 0.525 bits per heavy atom. The molecule has 40 heavy (non-hydrogen) atoms. The van der Waals surface area contributed by atoms with Crippen LogP contribution < -0.4 is 24.9 Å². The number of ether oxygens (including phenoxy) is 2. The van der Waals surface area contributed by atoms with Gasteiger partial charge in [0.15, 0.2) is 0 Å². The first-order valence-electron chi connectivity index (χ1n) is 11.3. The van der Waals surface area contributed by atoms with Crippen LogP contribution in [0.25, 0.3) is 33.4 Å². The summed E-state index contributed by atoms with van der Waals surface area (Å²) >= 11 is 0. The molecule has 0 aliphatic carbocycles. The summed E-state index contributed by atoms with van der Waals surface area (Å²) in [5, 5.41) is 16.1. The van der Waals surface area contributed by atoms with Crippen LogP contribution in [0.15, 0.2) is 93.5 Å². The van der Waals surface area contributed by atoms with Crippen molar-refractivity contribution in [2.24, 2.45) is 15.4 Å². The van der Waals surface area contributed by atoms with E-state index in [4.69, 9.17) is 24.9 Å². The molecule has 0 atom stereocenters. The minimum atomic E-state index is -4.21. The van der Waals surface area contributed by atoms with Crippen LogP contribution in [0.3, 0.4) is 0 Å². The molecule has 210 valence electrons. The van der Waals surface area contributed by atoms with Crippen LogP contribution in [-0.4, -0.2) is 39.5 Å². The highest BCUT2D eigenvalue weighted by molar-refractivity contribution is 7.89. The van der Waals surface area contributed by atoms with Crippen LogP contribution in [0.5, 0.6) is 11.5 Å². The van der Waals surface area contributed by atoms with E-state index in [0.29, 0.717) is 33.4 Å². The molecule has 0 amide bonds. The average molecular weight is 604 g/mol. The van der Waals surface area contributed by atoms with Gasteiger partial charge in [0.25, 0.3) is 0 Å². The van der Waals surface area contributed by atoms with Gasteiger partial charge in [-0.3, -0.25) is 0 Å². The number of hydrogen-bond donors (Lipinski definition) is 3. The van der Waals surface area contributed by atoms with E-state index in [1.54, 1.807) is 42.5 Å². The molecule has 0 saturated heterocycles. The molecule has 0 fully saturated rings. The SMILES string of the molecule is COc1ccc(-c2cccc(-c3ccc(S(N)(=O)=O)cc3)c2-c2ccc(OC)c(S(N)(=O)=O)c2)cc1S(N)(=O)=O. The molecule has 0 spiro atoms. The van der Waals surface area contributed by atoms with Crippen LogP contribution in [0.4, 0.5) is 0 Å². The molecular formula is C26H25N3O8S3. The van der Waals surface area contributed by atoms with E-state index in [2.05, 4.69) is 0 Å². The van der Waals surface area contributed by atoms with E-state index < -0.39 is 30.1 Å². The number of hydrogen-bond acceptors (Lipinski definition) is 8. The Bertz CT molecular complexity index is 1940. The predicted octanol–water partition coefficient (Wildman–Crippen LogP) is 2.65. The number of nitrogens with two attached hydrogens (primary N) is 3. The Labute approximate surface area is 232 Å². The van der Waals surface area contributed by atoms with E-state index in [1.807, 2.05) is 0 Å². The second kappa shape index (κ2) is 10.6. The van der Waals surface area contributed by atoms with Crippen LogP contribution >= 0.6 is 0 Å². The fourth-order valence-corrected chi connectivity index (χ4v) is 6.25. The highest BCUT2D eigenvalue weighted by Crippen LogP contribution is 2.43. The van der Waals surface area contributed by atoms with Crippen molar-refractivity contribution in [2.45, 2.75) is 14.7 Å². The van der Waals surface area contributed by atoms with Crippen molar-refractivity contribution in [3.05, 3.63) is 78.9 Å². The van der Waals surface area contributed by atoms with Gasteiger partial charge in [-0.2, -0.15) is 0 Å². The van der Waals surface area contributed by atoms with Crippen molar-refractivity contribution >= 4 is 30.1 Å². The Morgan fingerprint density at radius 3 is 1.40 bits per heavy atom. The third-order valence-electron chi connectivity index (χ3n) is 6.10. The van der Waals surface area contributed by atoms with Gasteiger partial charge in [0.1, 0.15) is 21.3 Å². The Kier molecular flexibility index (Phi) is 7.77. The fourth-order valence-electron chi connectivity index (χ4n) is 4.29. The van der Waals surface area contributed by atoms with Gasteiger partial charge in [-0.05, 0) is 69.8 Å². The predicted molar refractivity (Wildman–Crippen MR) is 150 cm³/mol. The number of rotatable bonds is 8. The molecule has 0 unspecified atom stereocenters. The molecule has 0 saturated carbocycles. The molecule has 6 N–H and O–H groups in total. The molecule has 14 heteroatoms. The number of benzene rings is 4. The van der Waals surface area contributed by atoms with Gasteiger partial charge >= 0.3 is 0 Å². The zero-order valence-electron chi connectivity index (χ0n) is 21.2. The Balaban J connectivity index is 2.09. The summed E-state index contributed by atoms with van der Waals surface area (Å²) in [7, 11) is -9.71. The molecule has 0 aliphatic heterocycles. The zero-order chi connectivity index (χ0) is 29.5. The van der Waals surface area contributed by atoms with E-state index in [-0.39, 0.29) is 26.2 Å². The molecular weight excluding hydrogens is 579 g/mol. The lowest BCUT2D eigenvalue weighted by Crippen LogP contribution is -2.14. The molecule has 0 aromatic heterocycles. The van der Waals surface area contributed by atoms with Crippen molar-refractivity contribution in [1.82, 2.24) is 0 Å². The summed E-state index contributed by atoms with van der Waals surface area (Å²) in [5.41, 5.74) is 2.96. The summed E-state index contributed by atoms with van der Waals surface area (Å²) in [6.45, 7) is 0. The van der Waals surface area contributed by atoms with Gasteiger partial charge < -0.3 is 9.47 Å². The standard InChI is InChI=1S/C26H25N3O8S3/c1-36-22-12-8-17(14-24(22)39(28,32)33)21-5-3-4-20(16-6-10-19(11-7-16)38(27,30)31)26(21)18-9-13-23(37-2)25(15-18)40(29,34)35/h3-15H,1-2H3,(H2,27,30,31)(H2,28,32,33)(H2,29,34,35). The number of sulfonamides is 3. The van der Waals surface area contributed by atoms with Crippen molar-refractivity contribution in [3.8, 4) is 44.9 Å². The number of primary sulfonamides is 3. The summed E-state index contributed by atoms with van der Waals surface area (Å²) in [5.74, 6) is 0.0761. The number of methoxy groups -OCH3 is 2. The first-order chi connectivity index (χ1) is 18.6. The summed E-state index contributed by atoms with van der Waals surface area (Å²) in [4.78, 5) is -0.609. The third-order valence-corrected chi connectivity index (χ3v) is 8.89. The molecule has 0 bridgehead atoms. The molecule has 4 aromatic rings. The van der Waals surface area contributed by atoms with Gasteiger partial charge in [0, 0.05) is 0 Å². The monoisotopic (exact) mass is 603 g/mol. The highest BCUT2D eigenvalue weighted by atomic mass is 32.2. The van der Waals surface area contributed by atoms with Gasteiger partial charge in [-0.1, -0.05) is 42.5 Å². The third kappa shape index (κ3) is 5.86. The van der Waals surface area contributed by atoms with Gasteiger partial charge in [0.05, 0.1) is 19.1 Å². The lowest BCUT2D eigenvalue weighted by molar-refractivity contribution is 0.402. The minimum absolute atomic E-state index is 0.0312. The largest absolute Gasteiger partial charge is 0.495 e. The molecule has 11 nitrogen and oxygen atoms in total. The van der Waals surface area contributed by atoms with Crippen molar-refractivity contribution in [3.63, 3.8) is 0 Å². The van der Waals surface area contributed by atoms with Gasteiger partial charge in [-0.15, -0.1) is 0 Å². The van der Waals surface area contributed by atoms with E-state index in [1.165, 1.54) is 50.6 Å². The molecule has 4 rings (SSSR count). The topological polar surface area (TPSA) is 199 Å². The molecule has 0 radical (unpaired) electrons. The maximum atomic E-state index is 12.4. The lowest BCUT2D eigenvalue weighted by Gasteiger charge is -2.19. The fraction of sp³-hybridized carbons (Fsp3) is 0.0769. The second-order valence-electron chi connectivity index (χ2n) is 8.62. The quantitative estimate of drug-likeness (QED) is 0.273. The van der Waals surface area contributed by atoms with Crippen molar-refractivity contribution < 1.29 is 34.7 Å². The van der Waals surface area contributed by atoms with Crippen LogP contribution in [-0.2, 0) is 30.1 Å². The van der Waals surface area contributed by atoms with Gasteiger partial charge in [-0.25, -0.2) is 40.7 Å². The van der Waals surface area contributed by atoms with Crippen LogP contribution in [0.1, 0.15) is 0 Å². The molecule has 0 heterocycles. The first kappa shape index (κ1) is 29.2.